The Balaban J connectivity index is 1.96. The fourth-order valence-corrected chi connectivity index (χ4v) is 1.64. The maximum absolute atomic E-state index is 11.7. The van der Waals surface area contributed by atoms with Crippen LogP contribution in [0.25, 0.3) is 0 Å². The molecule has 1 aromatic carbocycles. The summed E-state index contributed by atoms with van der Waals surface area (Å²) in [6.07, 6.45) is 2.90. The number of amides is 1. The standard InChI is InChI=1S/C12H9BrClN3O/c13-11-7-15-10(6-16-11)12(18)17-5-8-1-3-9(14)4-2-8/h1-4,6-7H,5H2,(H,17,18). The molecule has 0 spiro atoms. The lowest BCUT2D eigenvalue weighted by Crippen LogP contribution is -2.23. The average molecular weight is 327 g/mol. The van der Waals surface area contributed by atoms with Gasteiger partial charge in [-0.3, -0.25) is 4.79 Å². The van der Waals surface area contributed by atoms with E-state index in [1.807, 2.05) is 12.1 Å². The molecule has 2 rings (SSSR count). The number of hydrogen-bond donors (Lipinski definition) is 1. The van der Waals surface area contributed by atoms with Crippen LogP contribution in [0.3, 0.4) is 0 Å². The van der Waals surface area contributed by atoms with Crippen molar-refractivity contribution in [2.45, 2.75) is 6.54 Å². The molecule has 0 aliphatic carbocycles. The number of hydrogen-bond acceptors (Lipinski definition) is 3. The summed E-state index contributed by atoms with van der Waals surface area (Å²) in [7, 11) is 0. The SMILES string of the molecule is O=C(NCc1ccc(Cl)cc1)c1cnc(Br)cn1. The van der Waals surface area contributed by atoms with Crippen molar-refractivity contribution < 1.29 is 4.79 Å². The van der Waals surface area contributed by atoms with E-state index >= 15 is 0 Å². The van der Waals surface area contributed by atoms with Gasteiger partial charge in [-0.2, -0.15) is 0 Å². The molecule has 0 fully saturated rings. The molecule has 0 atom stereocenters. The third kappa shape index (κ3) is 3.51. The summed E-state index contributed by atoms with van der Waals surface area (Å²) >= 11 is 8.93. The molecule has 1 heterocycles. The number of carbonyl (C=O) groups excluding carboxylic acids is 1. The zero-order chi connectivity index (χ0) is 13.0. The van der Waals surface area contributed by atoms with Crippen molar-refractivity contribution in [3.8, 4) is 0 Å². The molecule has 0 radical (unpaired) electrons. The van der Waals surface area contributed by atoms with E-state index < -0.39 is 0 Å². The van der Waals surface area contributed by atoms with Crippen molar-refractivity contribution in [1.29, 1.82) is 0 Å². The van der Waals surface area contributed by atoms with Crippen molar-refractivity contribution in [2.75, 3.05) is 0 Å². The highest BCUT2D eigenvalue weighted by Crippen LogP contribution is 2.09. The minimum atomic E-state index is -0.259. The van der Waals surface area contributed by atoms with Gasteiger partial charge in [-0.05, 0) is 33.6 Å². The number of nitrogens with zero attached hydrogens (tertiary/aromatic N) is 2. The molecule has 92 valence electrons. The van der Waals surface area contributed by atoms with Gasteiger partial charge in [0.1, 0.15) is 10.3 Å². The van der Waals surface area contributed by atoms with Crippen LogP contribution >= 0.6 is 27.5 Å². The van der Waals surface area contributed by atoms with Crippen molar-refractivity contribution in [3.05, 3.63) is 57.5 Å². The lowest BCUT2D eigenvalue weighted by atomic mass is 10.2. The van der Waals surface area contributed by atoms with Crippen LogP contribution in [0.1, 0.15) is 16.1 Å². The molecular weight excluding hydrogens is 318 g/mol. The monoisotopic (exact) mass is 325 g/mol. The Morgan fingerprint density at radius 1 is 1.22 bits per heavy atom. The maximum Gasteiger partial charge on any atom is 0.271 e. The molecule has 1 aromatic heterocycles. The molecule has 1 N–H and O–H groups in total. The predicted molar refractivity (Wildman–Crippen MR) is 72.4 cm³/mol. The molecule has 0 aliphatic rings. The van der Waals surface area contributed by atoms with E-state index in [0.717, 1.165) is 5.56 Å². The summed E-state index contributed by atoms with van der Waals surface area (Å²) in [5.41, 5.74) is 1.25. The molecular formula is C12H9BrClN3O. The number of halogens is 2. The van der Waals surface area contributed by atoms with Crippen LogP contribution in [-0.4, -0.2) is 15.9 Å². The second-order valence-electron chi connectivity index (χ2n) is 3.53. The Labute approximate surface area is 118 Å². The van der Waals surface area contributed by atoms with Gasteiger partial charge in [0.15, 0.2) is 0 Å². The van der Waals surface area contributed by atoms with E-state index in [1.54, 1.807) is 12.1 Å². The van der Waals surface area contributed by atoms with Gasteiger partial charge in [-0.1, -0.05) is 23.7 Å². The zero-order valence-corrected chi connectivity index (χ0v) is 11.6. The fraction of sp³-hybridized carbons (Fsp3) is 0.0833. The van der Waals surface area contributed by atoms with Crippen molar-refractivity contribution >= 4 is 33.4 Å². The van der Waals surface area contributed by atoms with Crippen LogP contribution in [0, 0.1) is 0 Å². The van der Waals surface area contributed by atoms with Crippen LogP contribution < -0.4 is 5.32 Å². The molecule has 0 bridgehead atoms. The Hall–Kier alpha value is -1.46. The molecule has 0 saturated carbocycles. The molecule has 4 nitrogen and oxygen atoms in total. The highest BCUT2D eigenvalue weighted by Gasteiger charge is 2.06. The van der Waals surface area contributed by atoms with Gasteiger partial charge in [0.2, 0.25) is 0 Å². The van der Waals surface area contributed by atoms with E-state index in [1.165, 1.54) is 12.4 Å². The molecule has 6 heteroatoms. The van der Waals surface area contributed by atoms with Gasteiger partial charge in [-0.15, -0.1) is 0 Å². The average Bonchev–Trinajstić information content (AvgIpc) is 2.38. The van der Waals surface area contributed by atoms with Crippen molar-refractivity contribution in [2.24, 2.45) is 0 Å². The smallest absolute Gasteiger partial charge is 0.271 e. The normalized spacial score (nSPS) is 10.1. The number of aromatic nitrogens is 2. The predicted octanol–water partition coefficient (Wildman–Crippen LogP) is 2.82. The second-order valence-corrected chi connectivity index (χ2v) is 4.78. The quantitative estimate of drug-likeness (QED) is 0.943. The number of nitrogens with one attached hydrogen (secondary N) is 1. The third-order valence-electron chi connectivity index (χ3n) is 2.22. The summed E-state index contributed by atoms with van der Waals surface area (Å²) in [6.45, 7) is 0.424. The first kappa shape index (κ1) is 13.0. The highest BCUT2D eigenvalue weighted by molar-refractivity contribution is 9.10. The molecule has 0 saturated heterocycles. The second kappa shape index (κ2) is 5.93. The summed E-state index contributed by atoms with van der Waals surface area (Å²) in [4.78, 5) is 19.6. The van der Waals surface area contributed by atoms with E-state index in [4.69, 9.17) is 11.6 Å². The van der Waals surface area contributed by atoms with Crippen LogP contribution in [0.15, 0.2) is 41.3 Å². The van der Waals surface area contributed by atoms with E-state index in [9.17, 15) is 4.79 Å². The molecule has 0 unspecified atom stereocenters. The Morgan fingerprint density at radius 3 is 2.56 bits per heavy atom. The van der Waals surface area contributed by atoms with Gasteiger partial charge >= 0.3 is 0 Å². The van der Waals surface area contributed by atoms with Crippen LogP contribution in [-0.2, 0) is 6.54 Å². The number of rotatable bonds is 3. The van der Waals surface area contributed by atoms with Crippen molar-refractivity contribution in [1.82, 2.24) is 15.3 Å². The highest BCUT2D eigenvalue weighted by atomic mass is 79.9. The lowest BCUT2D eigenvalue weighted by Gasteiger charge is -2.04. The Bertz CT molecular complexity index is 542. The molecule has 2 aromatic rings. The molecule has 0 aliphatic heterocycles. The van der Waals surface area contributed by atoms with Gasteiger partial charge in [0.25, 0.3) is 5.91 Å². The molecule has 1 amide bonds. The summed E-state index contributed by atoms with van der Waals surface area (Å²) < 4.78 is 0.594. The first-order valence-corrected chi connectivity index (χ1v) is 6.32. The van der Waals surface area contributed by atoms with Gasteiger partial charge in [-0.25, -0.2) is 9.97 Å². The molecule has 18 heavy (non-hydrogen) atoms. The van der Waals surface area contributed by atoms with Gasteiger partial charge in [0, 0.05) is 11.6 Å². The lowest BCUT2D eigenvalue weighted by molar-refractivity contribution is 0.0945. The van der Waals surface area contributed by atoms with Gasteiger partial charge < -0.3 is 5.32 Å². The van der Waals surface area contributed by atoms with Crippen molar-refractivity contribution in [3.63, 3.8) is 0 Å². The van der Waals surface area contributed by atoms with Crippen LogP contribution in [0.5, 0.6) is 0 Å². The van der Waals surface area contributed by atoms with Crippen LogP contribution in [0.2, 0.25) is 5.02 Å². The third-order valence-corrected chi connectivity index (χ3v) is 2.88. The summed E-state index contributed by atoms with van der Waals surface area (Å²) in [6, 6.07) is 7.27. The zero-order valence-electron chi connectivity index (χ0n) is 9.23. The van der Waals surface area contributed by atoms with E-state index in [0.29, 0.717) is 16.2 Å². The number of benzene rings is 1. The first-order valence-electron chi connectivity index (χ1n) is 5.15. The summed E-state index contributed by atoms with van der Waals surface area (Å²) in [5, 5.41) is 3.42. The number of carbonyl (C=O) groups is 1. The minimum absolute atomic E-state index is 0.259. The topological polar surface area (TPSA) is 54.9 Å². The van der Waals surface area contributed by atoms with E-state index in [-0.39, 0.29) is 11.6 Å². The van der Waals surface area contributed by atoms with Crippen LogP contribution in [0.4, 0.5) is 0 Å². The maximum atomic E-state index is 11.7. The first-order chi connectivity index (χ1) is 8.65. The minimum Gasteiger partial charge on any atom is -0.347 e. The van der Waals surface area contributed by atoms with E-state index in [2.05, 4.69) is 31.2 Å². The largest absolute Gasteiger partial charge is 0.347 e. The summed E-state index contributed by atoms with van der Waals surface area (Å²) in [5.74, 6) is -0.259. The van der Waals surface area contributed by atoms with Gasteiger partial charge in [0.05, 0.1) is 12.4 Å². The Morgan fingerprint density at radius 2 is 1.94 bits per heavy atom. The fourth-order valence-electron chi connectivity index (χ4n) is 1.30. The Kier molecular flexibility index (Phi) is 4.28.